The van der Waals surface area contributed by atoms with Gasteiger partial charge in [0.05, 0.1) is 17.1 Å². The van der Waals surface area contributed by atoms with E-state index >= 15 is 0 Å². The van der Waals surface area contributed by atoms with Crippen LogP contribution in [0.1, 0.15) is 33.4 Å². The van der Waals surface area contributed by atoms with Crippen molar-refractivity contribution in [3.05, 3.63) is 453 Å². The molecule has 0 saturated heterocycles. The molecule has 606 valence electrons. The Labute approximate surface area is 745 Å². The Morgan fingerprint density at radius 1 is 0.147 bits per heavy atom. The van der Waals surface area contributed by atoms with Crippen LogP contribution in [0.4, 0.5) is 0 Å². The Morgan fingerprint density at radius 2 is 0.357 bits per heavy atom. The molecule has 24 rings (SSSR count). The van der Waals surface area contributed by atoms with E-state index in [-0.39, 0.29) is 0 Å². The molecule has 0 spiro atoms. The largest absolute Gasteiger partial charge is 0.264 e. The first-order valence-corrected chi connectivity index (χ1v) is 42.9. The molecule has 129 heavy (non-hydrogen) atoms. The Balaban J connectivity index is 0.000000114. The molecule has 0 N–H and O–H groups in total. The van der Waals surface area contributed by atoms with Gasteiger partial charge in [0, 0.05) is 142 Å². The molecule has 0 radical (unpaired) electrons. The summed E-state index contributed by atoms with van der Waals surface area (Å²) in [6.45, 7) is 0. The van der Waals surface area contributed by atoms with Crippen molar-refractivity contribution < 1.29 is 0 Å². The molecule has 0 fully saturated rings. The maximum atomic E-state index is 5.03. The first-order valence-electron chi connectivity index (χ1n) is 42.9. The number of benzene rings is 12. The van der Waals surface area contributed by atoms with E-state index in [1.54, 1.807) is 0 Å². The van der Waals surface area contributed by atoms with Crippen molar-refractivity contribution in [1.29, 1.82) is 0 Å². The van der Waals surface area contributed by atoms with Crippen molar-refractivity contribution in [3.8, 4) is 203 Å². The molecule has 0 unspecified atom stereocenters. The van der Waals surface area contributed by atoms with E-state index in [9.17, 15) is 0 Å². The van der Waals surface area contributed by atoms with Gasteiger partial charge in [-0.1, -0.05) is 297 Å². The summed E-state index contributed by atoms with van der Waals surface area (Å²) in [5.41, 5.74) is 36.3. The van der Waals surface area contributed by atoms with Gasteiger partial charge in [-0.2, -0.15) is 0 Å². The molecule has 0 bridgehead atoms. The molecule has 3 aliphatic carbocycles. The molecule has 15 heteroatoms. The van der Waals surface area contributed by atoms with Gasteiger partial charge >= 0.3 is 0 Å². The second kappa shape index (κ2) is 34.7. The highest BCUT2D eigenvalue weighted by Crippen LogP contribution is 2.45. The third kappa shape index (κ3) is 16.0. The third-order valence-electron chi connectivity index (χ3n) is 23.8. The third-order valence-corrected chi connectivity index (χ3v) is 23.8. The smallest absolute Gasteiger partial charge is 0.164 e. The Hall–Kier alpha value is -17.4. The zero-order chi connectivity index (χ0) is 85.8. The van der Waals surface area contributed by atoms with Crippen molar-refractivity contribution >= 4 is 0 Å². The summed E-state index contributed by atoms with van der Waals surface area (Å²) in [6.07, 6.45) is 19.6. The van der Waals surface area contributed by atoms with Gasteiger partial charge in [-0.05, 0) is 167 Å². The van der Waals surface area contributed by atoms with Crippen molar-refractivity contribution in [2.45, 2.75) is 19.3 Å². The van der Waals surface area contributed by atoms with E-state index in [2.05, 4.69) is 226 Å². The first kappa shape index (κ1) is 77.6. The predicted molar refractivity (Wildman–Crippen MR) is 513 cm³/mol. The summed E-state index contributed by atoms with van der Waals surface area (Å²) in [7, 11) is 0. The summed E-state index contributed by atoms with van der Waals surface area (Å²) in [5.74, 6) is 5.82. The van der Waals surface area contributed by atoms with E-state index in [1.807, 2.05) is 213 Å². The van der Waals surface area contributed by atoms with Crippen molar-refractivity contribution in [1.82, 2.24) is 74.8 Å². The van der Waals surface area contributed by atoms with Crippen molar-refractivity contribution in [3.63, 3.8) is 0 Å². The Kier molecular flexibility index (Phi) is 20.9. The molecule has 0 aliphatic heterocycles. The SMILES string of the molecule is c1ccc(-c2cccc(-c3nc(-c4ccccc4)nc(-c4cccc(-c5ccnc6c5Cc5ccncc5-6)c4)n3)c2)cc1.c1ccc(-c2nc(-c3ccccc3)nc(-c3cccc(-c4ccc(-c5ccnc6c5Cc5ccncc5-6)cc4)c3)n2)cc1.c1ccc(-c2nc(-c3ccccc3)nc(-c3cccc(-c4cccc(-c5ccnc6c5Cc5ccncc5-6)c4)c3)n2)cc1. The number of rotatable bonds is 15. The number of pyridine rings is 6. The average molecular weight is 1650 g/mol. The van der Waals surface area contributed by atoms with Gasteiger partial charge < -0.3 is 0 Å². The summed E-state index contributed by atoms with van der Waals surface area (Å²) in [5, 5.41) is 0. The normalized spacial score (nSPS) is 11.6. The highest BCUT2D eigenvalue weighted by Gasteiger charge is 2.28. The molecule has 9 aromatic heterocycles. The van der Waals surface area contributed by atoms with Crippen LogP contribution in [0.5, 0.6) is 0 Å². The minimum atomic E-state index is 0.633. The van der Waals surface area contributed by atoms with Crippen LogP contribution in [-0.2, 0) is 19.3 Å². The molecule has 0 saturated carbocycles. The van der Waals surface area contributed by atoms with Gasteiger partial charge in [0.2, 0.25) is 0 Å². The highest BCUT2D eigenvalue weighted by molar-refractivity contribution is 5.88. The fourth-order valence-electron chi connectivity index (χ4n) is 17.4. The molecule has 15 nitrogen and oxygen atoms in total. The fourth-order valence-corrected chi connectivity index (χ4v) is 17.4. The maximum Gasteiger partial charge on any atom is 0.164 e. The van der Waals surface area contributed by atoms with Gasteiger partial charge in [-0.25, -0.2) is 44.9 Å². The standard InChI is InChI=1S/3C38H25N5/c1-3-9-25(10-4-1)36-41-37(26-11-5-2-6-12-26)43-38(42-36)31-16-8-14-28(22-31)27-13-7-15-29(21-27)32-18-20-40-35-33(32)23-30-17-19-39-24-34(30)35;1-3-9-25(10-4-1)27-13-7-15-30(21-27)37-41-36(26-11-5-2-6-12-26)42-38(43-37)31-16-8-14-28(22-31)32-18-20-40-35-33(32)23-29-17-19-39-24-34(29)35;1-3-8-27(9-4-1)36-41-37(28-10-5-2-6-11-28)43-38(42-36)31-13-7-12-29(22-31)25-14-16-26(17-15-25)32-19-21-40-35-33(32)23-30-18-20-39-24-34(30)35/h3*1-22,24H,23H2. The number of aromatic nitrogens is 15. The van der Waals surface area contributed by atoms with E-state index in [0.717, 1.165) is 148 Å². The van der Waals surface area contributed by atoms with Crippen molar-refractivity contribution in [2.24, 2.45) is 0 Å². The fraction of sp³-hybridized carbons (Fsp3) is 0.0263. The minimum absolute atomic E-state index is 0.633. The predicted octanol–water partition coefficient (Wildman–Crippen LogP) is 25.7. The number of nitrogens with zero attached hydrogens (tertiary/aromatic N) is 15. The Morgan fingerprint density at radius 3 is 0.651 bits per heavy atom. The van der Waals surface area contributed by atoms with Crippen LogP contribution in [0.25, 0.3) is 203 Å². The van der Waals surface area contributed by atoms with Gasteiger partial charge in [0.15, 0.2) is 52.4 Å². The number of hydrogen-bond donors (Lipinski definition) is 0. The lowest BCUT2D eigenvalue weighted by Gasteiger charge is -2.12. The zero-order valence-electron chi connectivity index (χ0n) is 69.7. The molecule has 21 aromatic rings. The lowest BCUT2D eigenvalue weighted by Crippen LogP contribution is -2.00. The van der Waals surface area contributed by atoms with Gasteiger partial charge in [-0.15, -0.1) is 0 Å². The van der Waals surface area contributed by atoms with Crippen molar-refractivity contribution in [2.75, 3.05) is 0 Å². The maximum absolute atomic E-state index is 5.03. The van der Waals surface area contributed by atoms with Crippen LogP contribution in [0.2, 0.25) is 0 Å². The first-order chi connectivity index (χ1) is 63.9. The van der Waals surface area contributed by atoms with Crippen LogP contribution in [0, 0.1) is 0 Å². The summed E-state index contributed by atoms with van der Waals surface area (Å²) in [6, 6.07) is 124. The lowest BCUT2D eigenvalue weighted by molar-refractivity contribution is 1.07. The number of hydrogen-bond acceptors (Lipinski definition) is 15. The minimum Gasteiger partial charge on any atom is -0.264 e. The van der Waals surface area contributed by atoms with E-state index in [4.69, 9.17) is 54.8 Å². The molecule has 0 amide bonds. The van der Waals surface area contributed by atoms with Crippen LogP contribution in [0.15, 0.2) is 420 Å². The average Bonchev–Trinajstić information content (AvgIpc) is 1.63. The topological polar surface area (TPSA) is 193 Å². The van der Waals surface area contributed by atoms with Crippen LogP contribution in [-0.4, -0.2) is 74.8 Å². The Bertz CT molecular complexity index is 7640. The molecular formula is C114H75N15. The second-order valence-electron chi connectivity index (χ2n) is 31.8. The number of fused-ring (bicyclic) bond motifs is 9. The van der Waals surface area contributed by atoms with Crippen LogP contribution < -0.4 is 0 Å². The van der Waals surface area contributed by atoms with E-state index < -0.39 is 0 Å². The molecular weight excluding hydrogens is 1580 g/mol. The van der Waals surface area contributed by atoms with Gasteiger partial charge in [-0.3, -0.25) is 29.9 Å². The van der Waals surface area contributed by atoms with E-state index in [0.29, 0.717) is 52.4 Å². The second-order valence-corrected chi connectivity index (χ2v) is 31.8. The molecule has 3 aliphatic rings. The monoisotopic (exact) mass is 1650 g/mol. The van der Waals surface area contributed by atoms with E-state index in [1.165, 1.54) is 55.6 Å². The molecule has 0 atom stereocenters. The lowest BCUT2D eigenvalue weighted by atomic mass is 9.95. The summed E-state index contributed by atoms with van der Waals surface area (Å²) < 4.78 is 0. The van der Waals surface area contributed by atoms with Gasteiger partial charge in [0.25, 0.3) is 0 Å². The summed E-state index contributed by atoms with van der Waals surface area (Å²) >= 11 is 0. The quantitative estimate of drug-likeness (QED) is 0.0940. The highest BCUT2D eigenvalue weighted by atomic mass is 15.1. The van der Waals surface area contributed by atoms with Crippen LogP contribution in [0.3, 0.4) is 0 Å². The van der Waals surface area contributed by atoms with Gasteiger partial charge in [0.1, 0.15) is 0 Å². The molecule has 12 aromatic carbocycles. The zero-order valence-corrected chi connectivity index (χ0v) is 69.7. The summed E-state index contributed by atoms with van der Waals surface area (Å²) in [4.78, 5) is 71.4. The van der Waals surface area contributed by atoms with Crippen LogP contribution >= 0.6 is 0 Å². The molecule has 9 heterocycles.